The Morgan fingerprint density at radius 1 is 0.818 bits per heavy atom. The van der Waals surface area contributed by atoms with Crippen LogP contribution in [0.4, 0.5) is 0 Å². The van der Waals surface area contributed by atoms with Crippen molar-refractivity contribution in [2.75, 3.05) is 0 Å². The van der Waals surface area contributed by atoms with E-state index in [0.29, 0.717) is 0 Å². The van der Waals surface area contributed by atoms with Gasteiger partial charge in [0.15, 0.2) is 0 Å². The van der Waals surface area contributed by atoms with Crippen LogP contribution in [0, 0.1) is 10.8 Å². The summed E-state index contributed by atoms with van der Waals surface area (Å²) in [7, 11) is 0. The van der Waals surface area contributed by atoms with Crippen molar-refractivity contribution in [1.82, 2.24) is 0 Å². The number of hydrogen-bond acceptors (Lipinski definition) is 2. The summed E-state index contributed by atoms with van der Waals surface area (Å²) in [6.07, 6.45) is 0. The Hall–Kier alpha value is 0.322. The molecule has 2 heterocycles. The minimum atomic E-state index is 0. The molecule has 2 rings (SSSR count). The van der Waals surface area contributed by atoms with E-state index in [1.54, 1.807) is 22.7 Å². The molecule has 2 aromatic heterocycles. The van der Waals surface area contributed by atoms with E-state index >= 15 is 0 Å². The molecule has 0 N–H and O–H groups in total. The molecule has 0 spiro atoms. The maximum Gasteiger partial charge on any atom is 2.00 e. The molecule has 0 bridgehead atoms. The third-order valence-corrected chi connectivity index (χ3v) is 1.89. The van der Waals surface area contributed by atoms with E-state index in [0.717, 1.165) is 0 Å². The number of hydrogen-bond donors (Lipinski definition) is 0. The molecule has 0 saturated carbocycles. The normalized spacial score (nSPS) is 7.27. The first-order chi connectivity index (χ1) is 5.00. The molecule has 0 unspecified atom stereocenters. The van der Waals surface area contributed by atoms with Crippen LogP contribution in [0.1, 0.15) is 0 Å². The molecule has 0 aliphatic heterocycles. The van der Waals surface area contributed by atoms with Gasteiger partial charge in [-0.3, -0.25) is 0 Å². The number of rotatable bonds is 0. The van der Waals surface area contributed by atoms with Crippen LogP contribution in [0.15, 0.2) is 35.0 Å². The van der Waals surface area contributed by atoms with E-state index in [2.05, 4.69) is 10.8 Å². The van der Waals surface area contributed by atoms with Crippen LogP contribution in [-0.4, -0.2) is 0 Å². The fraction of sp³-hybridized carbons (Fsp3) is 0. The summed E-state index contributed by atoms with van der Waals surface area (Å²) in [4.78, 5) is 0. The Morgan fingerprint density at radius 3 is 1.36 bits per heavy atom. The van der Waals surface area contributed by atoms with E-state index < -0.39 is 0 Å². The Morgan fingerprint density at radius 2 is 1.27 bits per heavy atom. The van der Waals surface area contributed by atoms with Gasteiger partial charge in [-0.25, -0.2) is 12.1 Å². The van der Waals surface area contributed by atoms with Gasteiger partial charge in [0.2, 0.25) is 0 Å². The first-order valence-corrected chi connectivity index (χ1v) is 4.55. The van der Waals surface area contributed by atoms with Gasteiger partial charge in [0.25, 0.3) is 0 Å². The maximum atomic E-state index is 2.90. The van der Waals surface area contributed by atoms with Crippen molar-refractivity contribution in [3.63, 3.8) is 0 Å². The summed E-state index contributed by atoms with van der Waals surface area (Å²) in [5.74, 6) is 0. The summed E-state index contributed by atoms with van der Waals surface area (Å²) < 4.78 is 0. The number of thiophene rings is 2. The van der Waals surface area contributed by atoms with Crippen LogP contribution in [0.5, 0.6) is 0 Å². The monoisotopic (exact) mass is 280 g/mol. The quantitative estimate of drug-likeness (QED) is 0.513. The van der Waals surface area contributed by atoms with E-state index in [-0.39, 0.29) is 27.3 Å². The smallest absolute Gasteiger partial charge is 0.304 e. The van der Waals surface area contributed by atoms with E-state index in [4.69, 9.17) is 0 Å². The molecular formula is C8H6CdS2. The van der Waals surface area contributed by atoms with Gasteiger partial charge in [-0.2, -0.15) is 22.9 Å². The molecule has 0 radical (unpaired) electrons. The van der Waals surface area contributed by atoms with Crippen LogP contribution >= 0.6 is 22.7 Å². The average Bonchev–Trinajstić information content (AvgIpc) is 2.67. The molecule has 2 aromatic rings. The Balaban J connectivity index is 0.000000167. The fourth-order valence-corrected chi connectivity index (χ4v) is 1.18. The standard InChI is InChI=1S/2C4H3S.Cd/c2*1-2-4-5-3-1;/h2*1-3H;/q2*-1;+2. The largest absolute Gasteiger partial charge is 2.00 e. The SMILES string of the molecule is [Cd+2].[c-]1cccs1.[c-]1cccs1. The summed E-state index contributed by atoms with van der Waals surface area (Å²) in [5, 5.41) is 9.78. The van der Waals surface area contributed by atoms with Gasteiger partial charge < -0.3 is 22.7 Å². The molecular weight excluding hydrogens is 273 g/mol. The Kier molecular flexibility index (Phi) is 8.67. The summed E-state index contributed by atoms with van der Waals surface area (Å²) in [6.45, 7) is 0. The Bertz CT molecular complexity index is 151. The summed E-state index contributed by atoms with van der Waals surface area (Å²) >= 11 is 3.18. The van der Waals surface area contributed by atoms with E-state index in [1.807, 2.05) is 35.0 Å². The first-order valence-electron chi connectivity index (χ1n) is 2.79. The van der Waals surface area contributed by atoms with Gasteiger partial charge in [0.1, 0.15) is 0 Å². The molecule has 52 valence electrons. The molecule has 3 heteroatoms. The zero-order chi connectivity index (χ0) is 7.07. The second kappa shape index (κ2) is 8.42. The van der Waals surface area contributed by atoms with E-state index in [1.165, 1.54) is 0 Å². The second-order valence-corrected chi connectivity index (χ2v) is 2.95. The van der Waals surface area contributed by atoms with Crippen molar-refractivity contribution in [3.8, 4) is 0 Å². The van der Waals surface area contributed by atoms with Crippen molar-refractivity contribution in [3.05, 3.63) is 45.8 Å². The molecule has 0 fully saturated rings. The minimum absolute atomic E-state index is 0. The molecule has 0 aliphatic carbocycles. The van der Waals surface area contributed by atoms with Crippen molar-refractivity contribution in [2.24, 2.45) is 0 Å². The maximum absolute atomic E-state index is 2.90. The van der Waals surface area contributed by atoms with Crippen molar-refractivity contribution < 1.29 is 27.3 Å². The van der Waals surface area contributed by atoms with Gasteiger partial charge in [-0.05, 0) is 0 Å². The molecule has 0 nitrogen and oxygen atoms in total. The minimum Gasteiger partial charge on any atom is -0.304 e. The van der Waals surface area contributed by atoms with Crippen molar-refractivity contribution >= 4 is 22.7 Å². The average molecular weight is 279 g/mol. The zero-order valence-corrected chi connectivity index (χ0v) is 11.7. The van der Waals surface area contributed by atoms with Crippen LogP contribution in [0.2, 0.25) is 0 Å². The van der Waals surface area contributed by atoms with Gasteiger partial charge in [-0.1, -0.05) is 0 Å². The second-order valence-electron chi connectivity index (χ2n) is 1.46. The van der Waals surface area contributed by atoms with E-state index in [9.17, 15) is 0 Å². The third-order valence-electron chi connectivity index (χ3n) is 0.758. The van der Waals surface area contributed by atoms with Crippen molar-refractivity contribution in [2.45, 2.75) is 0 Å². The van der Waals surface area contributed by atoms with Crippen molar-refractivity contribution in [1.29, 1.82) is 0 Å². The van der Waals surface area contributed by atoms with Crippen LogP contribution in [-0.2, 0) is 27.3 Å². The molecule has 0 saturated heterocycles. The van der Waals surface area contributed by atoms with Gasteiger partial charge in [0.05, 0.1) is 0 Å². The molecule has 11 heavy (non-hydrogen) atoms. The van der Waals surface area contributed by atoms with Crippen LogP contribution in [0.25, 0.3) is 0 Å². The fourth-order valence-electron chi connectivity index (χ4n) is 0.393. The molecule has 0 aliphatic rings. The third kappa shape index (κ3) is 6.71. The summed E-state index contributed by atoms with van der Waals surface area (Å²) in [5.41, 5.74) is 0. The molecule has 0 atom stereocenters. The predicted molar refractivity (Wildman–Crippen MR) is 46.3 cm³/mol. The topological polar surface area (TPSA) is 0 Å². The molecule has 0 aromatic carbocycles. The van der Waals surface area contributed by atoms with Gasteiger partial charge >= 0.3 is 27.3 Å². The van der Waals surface area contributed by atoms with Crippen LogP contribution in [0.3, 0.4) is 0 Å². The van der Waals surface area contributed by atoms with Gasteiger partial charge in [-0.15, -0.1) is 10.8 Å². The predicted octanol–water partition coefficient (Wildman–Crippen LogP) is 3.09. The first kappa shape index (κ1) is 11.3. The Labute approximate surface area is 95.1 Å². The van der Waals surface area contributed by atoms with Gasteiger partial charge in [0, 0.05) is 0 Å². The molecule has 0 amide bonds. The summed E-state index contributed by atoms with van der Waals surface area (Å²) in [6, 6.07) is 7.71. The zero-order valence-electron chi connectivity index (χ0n) is 5.99. The van der Waals surface area contributed by atoms with Crippen LogP contribution < -0.4 is 0 Å².